The number of nitrogens with two attached hydrogens (primary N) is 1. The number of rotatable bonds is 5. The van der Waals surface area contributed by atoms with Gasteiger partial charge in [0.25, 0.3) is 0 Å². The number of hydrogen-bond acceptors (Lipinski definition) is 2. The van der Waals surface area contributed by atoms with Crippen molar-refractivity contribution in [1.82, 2.24) is 4.90 Å². The predicted octanol–water partition coefficient (Wildman–Crippen LogP) is 4.89. The summed E-state index contributed by atoms with van der Waals surface area (Å²) in [6.45, 7) is 12.0. The molecule has 2 heteroatoms. The Balaban J connectivity index is 0.000000422. The van der Waals surface area contributed by atoms with Gasteiger partial charge in [-0.2, -0.15) is 0 Å². The molecule has 0 saturated heterocycles. The Kier molecular flexibility index (Phi) is 8.55. The molecule has 2 N–H and O–H groups in total. The van der Waals surface area contributed by atoms with Crippen LogP contribution in [0.25, 0.3) is 0 Å². The maximum absolute atomic E-state index is 6.41. The Labute approximate surface area is 138 Å². The van der Waals surface area contributed by atoms with E-state index in [4.69, 9.17) is 5.73 Å². The molecule has 0 bridgehead atoms. The van der Waals surface area contributed by atoms with Crippen LogP contribution in [-0.2, 0) is 0 Å². The summed E-state index contributed by atoms with van der Waals surface area (Å²) in [7, 11) is 2.18. The van der Waals surface area contributed by atoms with Gasteiger partial charge in [0.1, 0.15) is 0 Å². The highest BCUT2D eigenvalue weighted by Gasteiger charge is 2.30. The lowest BCUT2D eigenvalue weighted by Gasteiger charge is -2.41. The zero-order valence-corrected chi connectivity index (χ0v) is 14.9. The summed E-state index contributed by atoms with van der Waals surface area (Å²) in [5.41, 5.74) is 7.59. The van der Waals surface area contributed by atoms with E-state index in [1.54, 1.807) is 6.08 Å². The summed E-state index contributed by atoms with van der Waals surface area (Å²) in [5.74, 6) is 1.57. The molecule has 0 aliphatic heterocycles. The molecule has 0 unspecified atom stereocenters. The predicted molar refractivity (Wildman–Crippen MR) is 98.7 cm³/mol. The van der Waals surface area contributed by atoms with Gasteiger partial charge in [-0.3, -0.25) is 0 Å². The Morgan fingerprint density at radius 2 is 1.77 bits per heavy atom. The van der Waals surface area contributed by atoms with Crippen molar-refractivity contribution in [3.05, 3.63) is 37.1 Å². The van der Waals surface area contributed by atoms with E-state index < -0.39 is 0 Å². The first-order valence-corrected chi connectivity index (χ1v) is 8.92. The molecule has 0 amide bonds. The molecule has 1 atom stereocenters. The van der Waals surface area contributed by atoms with Crippen LogP contribution >= 0.6 is 0 Å². The van der Waals surface area contributed by atoms with Crippen LogP contribution in [0, 0.1) is 11.8 Å². The largest absolute Gasteiger partial charge is 0.374 e. The van der Waals surface area contributed by atoms with Crippen LogP contribution < -0.4 is 5.73 Å². The average Bonchev–Trinajstić information content (AvgIpc) is 2.46. The maximum atomic E-state index is 6.41. The zero-order chi connectivity index (χ0) is 16.5. The molecule has 2 aliphatic rings. The third-order valence-corrected chi connectivity index (χ3v) is 5.36. The molecule has 0 spiro atoms. The molecule has 2 saturated carbocycles. The first-order chi connectivity index (χ1) is 10.5. The van der Waals surface area contributed by atoms with Crippen LogP contribution in [0.4, 0.5) is 0 Å². The lowest BCUT2D eigenvalue weighted by atomic mass is 9.78. The topological polar surface area (TPSA) is 29.3 Å². The summed E-state index contributed by atoms with van der Waals surface area (Å²) >= 11 is 0. The normalized spacial score (nSPS) is 26.5. The fourth-order valence-corrected chi connectivity index (χ4v) is 3.30. The second-order valence-electron chi connectivity index (χ2n) is 6.99. The Hall–Kier alpha value is -1.02. The first-order valence-electron chi connectivity index (χ1n) is 8.92. The first kappa shape index (κ1) is 19.0. The summed E-state index contributed by atoms with van der Waals surface area (Å²) in [6.07, 6.45) is 14.9. The summed E-state index contributed by atoms with van der Waals surface area (Å²) in [6, 6.07) is 0.907. The summed E-state index contributed by atoms with van der Waals surface area (Å²) < 4.78 is 0. The van der Waals surface area contributed by atoms with Crippen molar-refractivity contribution in [3.8, 4) is 0 Å². The van der Waals surface area contributed by atoms with Gasteiger partial charge in [-0.25, -0.2) is 0 Å². The van der Waals surface area contributed by atoms with Crippen LogP contribution in [0.1, 0.15) is 58.8 Å². The number of hydrogen-bond donors (Lipinski definition) is 1. The molecular weight excluding hydrogens is 268 g/mol. The van der Waals surface area contributed by atoms with Gasteiger partial charge < -0.3 is 10.6 Å². The molecular formula is C20H36N2. The van der Waals surface area contributed by atoms with E-state index in [-0.39, 0.29) is 6.04 Å². The molecule has 0 aromatic rings. The van der Waals surface area contributed by atoms with E-state index in [1.807, 2.05) is 19.1 Å². The molecule has 0 aromatic heterocycles. The fraction of sp³-hybridized carbons (Fsp3) is 0.700. The molecule has 126 valence electrons. The standard InChI is InChI=1S/C15H28N2.C5H8/c1-11-7-9-13(10-8-11)15(16)12(2)17(3)14-5-4-6-14;1-3-5-4-2/h11,13-15H,2,4-10,16H2,1,3H3;3-5H,1H2,2H3/b;5-4-/t11?,13?,15-;/m1./s1. The van der Waals surface area contributed by atoms with E-state index in [9.17, 15) is 0 Å². The molecule has 2 fully saturated rings. The van der Waals surface area contributed by atoms with E-state index >= 15 is 0 Å². The van der Waals surface area contributed by atoms with Gasteiger partial charge in [-0.05, 0) is 50.9 Å². The smallest absolute Gasteiger partial charge is 0.0469 e. The van der Waals surface area contributed by atoms with Crippen molar-refractivity contribution >= 4 is 0 Å². The van der Waals surface area contributed by atoms with E-state index in [0.717, 1.165) is 12.0 Å². The van der Waals surface area contributed by atoms with Gasteiger partial charge >= 0.3 is 0 Å². The monoisotopic (exact) mass is 304 g/mol. The molecule has 22 heavy (non-hydrogen) atoms. The second kappa shape index (κ2) is 9.89. The molecule has 0 radical (unpaired) electrons. The Morgan fingerprint density at radius 1 is 1.18 bits per heavy atom. The molecule has 2 rings (SSSR count). The Morgan fingerprint density at radius 3 is 2.14 bits per heavy atom. The number of nitrogens with zero attached hydrogens (tertiary/aromatic N) is 1. The third kappa shape index (κ3) is 5.64. The van der Waals surface area contributed by atoms with Crippen LogP contribution in [-0.4, -0.2) is 24.0 Å². The van der Waals surface area contributed by atoms with Crippen molar-refractivity contribution in [2.75, 3.05) is 7.05 Å². The lowest BCUT2D eigenvalue weighted by molar-refractivity contribution is 0.172. The van der Waals surface area contributed by atoms with Gasteiger partial charge in [0.15, 0.2) is 0 Å². The van der Waals surface area contributed by atoms with Crippen LogP contribution in [0.15, 0.2) is 37.1 Å². The fourth-order valence-electron chi connectivity index (χ4n) is 3.30. The third-order valence-electron chi connectivity index (χ3n) is 5.36. The minimum atomic E-state index is 0.188. The second-order valence-corrected chi connectivity index (χ2v) is 6.99. The van der Waals surface area contributed by atoms with E-state index in [2.05, 4.69) is 32.0 Å². The quantitative estimate of drug-likeness (QED) is 0.733. The average molecular weight is 305 g/mol. The van der Waals surface area contributed by atoms with Crippen LogP contribution in [0.3, 0.4) is 0 Å². The molecule has 2 aliphatic carbocycles. The number of likely N-dealkylation sites (N-methyl/N-ethyl adjacent to an activating group) is 1. The molecule has 0 heterocycles. The van der Waals surface area contributed by atoms with Gasteiger partial charge in [-0.15, -0.1) is 0 Å². The zero-order valence-electron chi connectivity index (χ0n) is 14.9. The highest BCUT2D eigenvalue weighted by atomic mass is 15.2. The van der Waals surface area contributed by atoms with Gasteiger partial charge in [0.2, 0.25) is 0 Å². The SMILES string of the molecule is C=C([C@@H](N)C1CCC(C)CC1)N(C)C1CCC1.C=C/C=C\C. The highest BCUT2D eigenvalue weighted by molar-refractivity contribution is 5.08. The van der Waals surface area contributed by atoms with Crippen LogP contribution in [0.5, 0.6) is 0 Å². The van der Waals surface area contributed by atoms with Crippen molar-refractivity contribution in [2.24, 2.45) is 17.6 Å². The minimum Gasteiger partial charge on any atom is -0.374 e. The Bertz CT molecular complexity index is 360. The molecule has 2 nitrogen and oxygen atoms in total. The van der Waals surface area contributed by atoms with Gasteiger partial charge in [-0.1, -0.05) is 51.2 Å². The summed E-state index contributed by atoms with van der Waals surface area (Å²) in [4.78, 5) is 2.35. The minimum absolute atomic E-state index is 0.188. The van der Waals surface area contributed by atoms with Gasteiger partial charge in [0, 0.05) is 24.8 Å². The van der Waals surface area contributed by atoms with Crippen molar-refractivity contribution in [2.45, 2.75) is 70.9 Å². The lowest BCUT2D eigenvalue weighted by Crippen LogP contribution is -2.45. The van der Waals surface area contributed by atoms with Crippen LogP contribution in [0.2, 0.25) is 0 Å². The molecule has 0 aromatic carbocycles. The van der Waals surface area contributed by atoms with Crippen molar-refractivity contribution in [3.63, 3.8) is 0 Å². The van der Waals surface area contributed by atoms with Gasteiger partial charge in [0.05, 0.1) is 0 Å². The number of allylic oxidation sites excluding steroid dienone is 3. The van der Waals surface area contributed by atoms with Crippen molar-refractivity contribution in [1.29, 1.82) is 0 Å². The van der Waals surface area contributed by atoms with Crippen molar-refractivity contribution < 1.29 is 0 Å². The van der Waals surface area contributed by atoms with E-state index in [0.29, 0.717) is 5.92 Å². The van der Waals surface area contributed by atoms with E-state index in [1.165, 1.54) is 50.6 Å². The summed E-state index contributed by atoms with van der Waals surface area (Å²) in [5, 5.41) is 0. The maximum Gasteiger partial charge on any atom is 0.0469 e. The highest BCUT2D eigenvalue weighted by Crippen LogP contribution is 2.34.